The third-order valence-corrected chi connectivity index (χ3v) is 1.95. The van der Waals surface area contributed by atoms with Crippen molar-refractivity contribution in [3.8, 4) is 0 Å². The summed E-state index contributed by atoms with van der Waals surface area (Å²) in [4.78, 5) is 10.1. The van der Waals surface area contributed by atoms with Gasteiger partial charge in [-0.3, -0.25) is 4.79 Å². The Morgan fingerprint density at radius 2 is 1.59 bits per heavy atom. The zero-order valence-electron chi connectivity index (χ0n) is 11.1. The van der Waals surface area contributed by atoms with Crippen LogP contribution in [0.5, 0.6) is 0 Å². The molecule has 96 valence electrons. The minimum Gasteiger partial charge on any atom is -0.386 e. The summed E-state index contributed by atoms with van der Waals surface area (Å²) >= 11 is 0. The van der Waals surface area contributed by atoms with E-state index in [1.54, 1.807) is 6.92 Å². The van der Waals surface area contributed by atoms with Crippen molar-refractivity contribution in [3.63, 3.8) is 0 Å². The van der Waals surface area contributed by atoms with Crippen molar-refractivity contribution < 1.29 is 9.90 Å². The molecular weight excluding hydrogens is 214 g/mol. The number of hydrogen-bond donors (Lipinski definition) is 2. The van der Waals surface area contributed by atoms with E-state index in [0.29, 0.717) is 6.41 Å². The van der Waals surface area contributed by atoms with Crippen LogP contribution >= 0.6 is 0 Å². The molecule has 0 radical (unpaired) electrons. The molecule has 0 heterocycles. The molecule has 0 aliphatic heterocycles. The summed E-state index contributed by atoms with van der Waals surface area (Å²) < 4.78 is 0. The maximum atomic E-state index is 10.1. The van der Waals surface area contributed by atoms with Crippen LogP contribution in [0.3, 0.4) is 0 Å². The molecule has 1 amide bonds. The maximum Gasteiger partial charge on any atom is 0.207 e. The van der Waals surface area contributed by atoms with Crippen LogP contribution in [0.2, 0.25) is 0 Å². The molecule has 3 heteroatoms. The summed E-state index contributed by atoms with van der Waals surface area (Å²) in [6, 6.07) is 8.98. The maximum absolute atomic E-state index is 10.1. The first kappa shape index (κ1) is 15.7. The number of nitrogens with one attached hydrogen (secondary N) is 1. The zero-order chi connectivity index (χ0) is 13.3. The van der Waals surface area contributed by atoms with E-state index in [4.69, 9.17) is 0 Å². The number of benzene rings is 1. The molecule has 0 fully saturated rings. The van der Waals surface area contributed by atoms with Gasteiger partial charge in [0.15, 0.2) is 0 Å². The van der Waals surface area contributed by atoms with E-state index < -0.39 is 6.10 Å². The molecule has 0 spiro atoms. The molecule has 0 saturated carbocycles. The standard InChI is InChI=1S/C10H13NO2.C4H10/c1-8(11-7-12)10(13)9-5-3-2-4-6-9;1-4(2)3/h2-8,10,13H,1H3,(H,11,12);4H,1-3H3. The van der Waals surface area contributed by atoms with Gasteiger partial charge in [0.05, 0.1) is 12.1 Å². The largest absolute Gasteiger partial charge is 0.386 e. The first-order valence-electron chi connectivity index (χ1n) is 5.91. The van der Waals surface area contributed by atoms with Crippen molar-refractivity contribution in [2.24, 2.45) is 5.92 Å². The van der Waals surface area contributed by atoms with Gasteiger partial charge in [-0.25, -0.2) is 0 Å². The Morgan fingerprint density at radius 3 is 2.00 bits per heavy atom. The lowest BCUT2D eigenvalue weighted by Crippen LogP contribution is -2.30. The molecule has 1 aromatic rings. The highest BCUT2D eigenvalue weighted by molar-refractivity contribution is 5.46. The molecular formula is C14H23NO2. The van der Waals surface area contributed by atoms with Crippen molar-refractivity contribution in [2.45, 2.75) is 39.8 Å². The Bertz CT molecular complexity index is 296. The lowest BCUT2D eigenvalue weighted by molar-refractivity contribution is -0.110. The van der Waals surface area contributed by atoms with Gasteiger partial charge in [-0.2, -0.15) is 0 Å². The van der Waals surface area contributed by atoms with Gasteiger partial charge < -0.3 is 10.4 Å². The fraction of sp³-hybridized carbons (Fsp3) is 0.500. The fourth-order valence-electron chi connectivity index (χ4n) is 1.14. The SMILES string of the molecule is CC(C)C.CC(NC=O)C(O)c1ccccc1. The highest BCUT2D eigenvalue weighted by Crippen LogP contribution is 2.15. The monoisotopic (exact) mass is 237 g/mol. The molecule has 2 N–H and O–H groups in total. The predicted molar refractivity (Wildman–Crippen MR) is 70.6 cm³/mol. The van der Waals surface area contributed by atoms with Gasteiger partial charge in [0.25, 0.3) is 0 Å². The number of amides is 1. The van der Waals surface area contributed by atoms with Crippen LogP contribution in [-0.2, 0) is 4.79 Å². The van der Waals surface area contributed by atoms with E-state index in [2.05, 4.69) is 26.1 Å². The zero-order valence-corrected chi connectivity index (χ0v) is 11.1. The van der Waals surface area contributed by atoms with Gasteiger partial charge in [0, 0.05) is 0 Å². The van der Waals surface area contributed by atoms with Gasteiger partial charge in [-0.05, 0) is 18.4 Å². The quantitative estimate of drug-likeness (QED) is 0.791. The van der Waals surface area contributed by atoms with E-state index in [1.165, 1.54) is 0 Å². The second kappa shape index (κ2) is 8.76. The molecule has 0 bridgehead atoms. The van der Waals surface area contributed by atoms with Crippen molar-refractivity contribution in [1.29, 1.82) is 0 Å². The number of rotatable bonds is 4. The molecule has 1 aromatic carbocycles. The van der Waals surface area contributed by atoms with Crippen molar-refractivity contribution in [2.75, 3.05) is 0 Å². The highest BCUT2D eigenvalue weighted by Gasteiger charge is 2.14. The predicted octanol–water partition coefficient (Wildman–Crippen LogP) is 2.52. The molecule has 17 heavy (non-hydrogen) atoms. The van der Waals surface area contributed by atoms with Gasteiger partial charge in [-0.15, -0.1) is 0 Å². The summed E-state index contributed by atoms with van der Waals surface area (Å²) in [7, 11) is 0. The fourth-order valence-corrected chi connectivity index (χ4v) is 1.14. The van der Waals surface area contributed by atoms with Gasteiger partial charge in [0.1, 0.15) is 0 Å². The second-order valence-corrected chi connectivity index (χ2v) is 4.66. The minimum absolute atomic E-state index is 0.264. The summed E-state index contributed by atoms with van der Waals surface area (Å²) in [6.07, 6.45) is -0.0528. The molecule has 0 saturated heterocycles. The van der Waals surface area contributed by atoms with Crippen molar-refractivity contribution in [3.05, 3.63) is 35.9 Å². The topological polar surface area (TPSA) is 49.3 Å². The van der Waals surface area contributed by atoms with Crippen LogP contribution in [-0.4, -0.2) is 17.6 Å². The van der Waals surface area contributed by atoms with Crippen LogP contribution in [0.15, 0.2) is 30.3 Å². The lowest BCUT2D eigenvalue weighted by atomic mass is 10.0. The number of carbonyl (C=O) groups excluding carboxylic acids is 1. The number of carbonyl (C=O) groups is 1. The Morgan fingerprint density at radius 1 is 1.12 bits per heavy atom. The van der Waals surface area contributed by atoms with Gasteiger partial charge >= 0.3 is 0 Å². The Labute approximate surface area is 104 Å². The van der Waals surface area contributed by atoms with E-state index in [1.807, 2.05) is 30.3 Å². The molecule has 0 aromatic heterocycles. The van der Waals surface area contributed by atoms with E-state index >= 15 is 0 Å². The number of aliphatic hydroxyl groups excluding tert-OH is 1. The van der Waals surface area contributed by atoms with Crippen LogP contribution in [0.4, 0.5) is 0 Å². The van der Waals surface area contributed by atoms with E-state index in [-0.39, 0.29) is 6.04 Å². The van der Waals surface area contributed by atoms with Crippen LogP contribution in [0.25, 0.3) is 0 Å². The van der Waals surface area contributed by atoms with Crippen LogP contribution < -0.4 is 5.32 Å². The van der Waals surface area contributed by atoms with Crippen molar-refractivity contribution >= 4 is 6.41 Å². The average Bonchev–Trinajstić information content (AvgIpc) is 2.29. The number of aliphatic hydroxyl groups is 1. The third kappa shape index (κ3) is 7.53. The molecule has 0 aliphatic carbocycles. The smallest absolute Gasteiger partial charge is 0.207 e. The lowest BCUT2D eigenvalue weighted by Gasteiger charge is -2.17. The second-order valence-electron chi connectivity index (χ2n) is 4.66. The summed E-state index contributed by atoms with van der Waals surface area (Å²) in [5.41, 5.74) is 0.810. The van der Waals surface area contributed by atoms with Crippen LogP contribution in [0.1, 0.15) is 39.4 Å². The molecule has 3 nitrogen and oxygen atoms in total. The van der Waals surface area contributed by atoms with Gasteiger partial charge in [0.2, 0.25) is 6.41 Å². The molecule has 2 unspecified atom stereocenters. The Kier molecular flexibility index (Phi) is 8.07. The molecule has 1 rings (SSSR count). The molecule has 2 atom stereocenters. The van der Waals surface area contributed by atoms with E-state index in [0.717, 1.165) is 11.5 Å². The normalized spacial score (nSPS) is 13.3. The summed E-state index contributed by atoms with van der Waals surface area (Å²) in [5.74, 6) is 0.833. The van der Waals surface area contributed by atoms with Crippen molar-refractivity contribution in [1.82, 2.24) is 5.32 Å². The molecule has 0 aliphatic rings. The average molecular weight is 237 g/mol. The van der Waals surface area contributed by atoms with E-state index in [9.17, 15) is 9.90 Å². The van der Waals surface area contributed by atoms with Gasteiger partial charge in [-0.1, -0.05) is 51.1 Å². The summed E-state index contributed by atoms with van der Waals surface area (Å²) in [5, 5.41) is 12.2. The van der Waals surface area contributed by atoms with Crippen LogP contribution in [0, 0.1) is 5.92 Å². The summed E-state index contributed by atoms with van der Waals surface area (Å²) in [6.45, 7) is 8.26. The number of hydrogen-bond acceptors (Lipinski definition) is 2. The Hall–Kier alpha value is -1.35. The minimum atomic E-state index is -0.647. The first-order chi connectivity index (χ1) is 7.99. The third-order valence-electron chi connectivity index (χ3n) is 1.95. The Balaban J connectivity index is 0.000000557. The first-order valence-corrected chi connectivity index (χ1v) is 5.91. The highest BCUT2D eigenvalue weighted by atomic mass is 16.3.